The second-order valence-electron chi connectivity index (χ2n) is 5.39. The maximum atomic E-state index is 12.2. The number of esters is 1. The lowest BCUT2D eigenvalue weighted by atomic mass is 10.1. The molecule has 0 fully saturated rings. The lowest BCUT2D eigenvalue weighted by Crippen LogP contribution is -2.13. The Hall–Kier alpha value is -2.96. The Labute approximate surface area is 143 Å². The number of hydrogen-bond acceptors (Lipinski definition) is 4. The first kappa shape index (κ1) is 18.4. The number of halogens is 2. The maximum Gasteiger partial charge on any atom is 0.387 e. The van der Waals surface area contributed by atoms with Gasteiger partial charge < -0.3 is 14.8 Å². The largest absolute Gasteiger partial charge is 0.459 e. The van der Waals surface area contributed by atoms with Gasteiger partial charge in [-0.1, -0.05) is 6.07 Å². The standard InChI is InChI=1S/C18H17F2NO4/c1-11(2)24-17(23)12-6-8-14(9-7-12)21-16(22)13-4-3-5-15(10-13)25-18(19)20/h3-11,18H,1-2H3,(H,21,22). The molecule has 132 valence electrons. The van der Waals surface area contributed by atoms with Gasteiger partial charge in [0, 0.05) is 11.3 Å². The van der Waals surface area contributed by atoms with Gasteiger partial charge in [-0.3, -0.25) is 4.79 Å². The molecule has 0 unspecified atom stereocenters. The third-order valence-electron chi connectivity index (χ3n) is 3.04. The molecule has 0 bridgehead atoms. The third-order valence-corrected chi connectivity index (χ3v) is 3.04. The van der Waals surface area contributed by atoms with E-state index < -0.39 is 18.5 Å². The molecule has 0 aliphatic heterocycles. The molecular weight excluding hydrogens is 332 g/mol. The van der Waals surface area contributed by atoms with Crippen molar-refractivity contribution in [3.05, 3.63) is 59.7 Å². The van der Waals surface area contributed by atoms with Gasteiger partial charge in [0.05, 0.1) is 11.7 Å². The van der Waals surface area contributed by atoms with Crippen molar-refractivity contribution in [3.63, 3.8) is 0 Å². The number of nitrogens with one attached hydrogen (secondary N) is 1. The average molecular weight is 349 g/mol. The quantitative estimate of drug-likeness (QED) is 0.797. The Morgan fingerprint density at radius 3 is 2.28 bits per heavy atom. The lowest BCUT2D eigenvalue weighted by Gasteiger charge is -2.10. The molecule has 0 aliphatic rings. The summed E-state index contributed by atoms with van der Waals surface area (Å²) in [5.74, 6) is -1.05. The lowest BCUT2D eigenvalue weighted by molar-refractivity contribution is -0.0498. The Morgan fingerprint density at radius 1 is 1.00 bits per heavy atom. The van der Waals surface area contributed by atoms with Crippen LogP contribution in [0.3, 0.4) is 0 Å². The van der Waals surface area contributed by atoms with Crippen LogP contribution in [0.15, 0.2) is 48.5 Å². The topological polar surface area (TPSA) is 64.6 Å². The highest BCUT2D eigenvalue weighted by molar-refractivity contribution is 6.04. The summed E-state index contributed by atoms with van der Waals surface area (Å²) < 4.78 is 33.8. The first-order valence-corrected chi connectivity index (χ1v) is 7.52. The zero-order valence-electron chi connectivity index (χ0n) is 13.7. The van der Waals surface area contributed by atoms with E-state index in [1.165, 1.54) is 36.4 Å². The third kappa shape index (κ3) is 5.56. The number of ether oxygens (including phenoxy) is 2. The van der Waals surface area contributed by atoms with E-state index in [0.717, 1.165) is 0 Å². The average Bonchev–Trinajstić information content (AvgIpc) is 2.54. The van der Waals surface area contributed by atoms with Gasteiger partial charge in [0.15, 0.2) is 0 Å². The van der Waals surface area contributed by atoms with Crippen LogP contribution in [0, 0.1) is 0 Å². The molecule has 2 rings (SSSR count). The molecule has 0 aliphatic carbocycles. The van der Waals surface area contributed by atoms with Gasteiger partial charge in [0.2, 0.25) is 0 Å². The molecule has 1 N–H and O–H groups in total. The molecule has 7 heteroatoms. The molecule has 2 aromatic carbocycles. The van der Waals surface area contributed by atoms with Crippen molar-refractivity contribution in [2.24, 2.45) is 0 Å². The van der Waals surface area contributed by atoms with Gasteiger partial charge >= 0.3 is 12.6 Å². The second kappa shape index (κ2) is 8.23. The van der Waals surface area contributed by atoms with Crippen LogP contribution in [-0.4, -0.2) is 24.6 Å². The fourth-order valence-corrected chi connectivity index (χ4v) is 1.99. The van der Waals surface area contributed by atoms with E-state index >= 15 is 0 Å². The van der Waals surface area contributed by atoms with E-state index in [0.29, 0.717) is 11.3 Å². The summed E-state index contributed by atoms with van der Waals surface area (Å²) in [7, 11) is 0. The van der Waals surface area contributed by atoms with Gasteiger partial charge in [0.25, 0.3) is 5.91 Å². The first-order valence-electron chi connectivity index (χ1n) is 7.52. The summed E-state index contributed by atoms with van der Waals surface area (Å²) in [6, 6.07) is 11.6. The zero-order chi connectivity index (χ0) is 18.4. The molecule has 0 saturated carbocycles. The number of carbonyl (C=O) groups excluding carboxylic acids is 2. The van der Waals surface area contributed by atoms with Crippen LogP contribution >= 0.6 is 0 Å². The predicted molar refractivity (Wildman–Crippen MR) is 88.0 cm³/mol. The molecule has 0 atom stereocenters. The molecule has 0 aromatic heterocycles. The van der Waals surface area contributed by atoms with Crippen LogP contribution in [-0.2, 0) is 4.74 Å². The Kier molecular flexibility index (Phi) is 6.05. The minimum absolute atomic E-state index is 0.102. The van der Waals surface area contributed by atoms with Crippen LogP contribution in [0.1, 0.15) is 34.6 Å². The van der Waals surface area contributed by atoms with Crippen molar-refractivity contribution in [2.75, 3.05) is 5.32 Å². The van der Waals surface area contributed by atoms with Crippen molar-refractivity contribution in [3.8, 4) is 5.75 Å². The predicted octanol–water partition coefficient (Wildman–Crippen LogP) is 4.11. The molecule has 25 heavy (non-hydrogen) atoms. The van der Waals surface area contributed by atoms with E-state index in [-0.39, 0.29) is 17.4 Å². The van der Waals surface area contributed by atoms with E-state index in [9.17, 15) is 18.4 Å². The smallest absolute Gasteiger partial charge is 0.387 e. The minimum atomic E-state index is -2.96. The number of benzene rings is 2. The molecule has 0 saturated heterocycles. The number of rotatable bonds is 6. The van der Waals surface area contributed by atoms with Gasteiger partial charge in [-0.2, -0.15) is 8.78 Å². The van der Waals surface area contributed by atoms with Crippen molar-refractivity contribution in [1.29, 1.82) is 0 Å². The summed E-state index contributed by atoms with van der Waals surface area (Å²) >= 11 is 0. The number of alkyl halides is 2. The second-order valence-corrected chi connectivity index (χ2v) is 5.39. The van der Waals surface area contributed by atoms with Crippen molar-refractivity contribution in [2.45, 2.75) is 26.6 Å². The van der Waals surface area contributed by atoms with E-state index in [2.05, 4.69) is 10.1 Å². The Balaban J connectivity index is 2.04. The molecular formula is C18H17F2NO4. The minimum Gasteiger partial charge on any atom is -0.459 e. The molecule has 5 nitrogen and oxygen atoms in total. The zero-order valence-corrected chi connectivity index (χ0v) is 13.7. The number of amides is 1. The molecule has 0 spiro atoms. The first-order chi connectivity index (χ1) is 11.8. The van der Waals surface area contributed by atoms with Crippen LogP contribution in [0.5, 0.6) is 5.75 Å². The van der Waals surface area contributed by atoms with E-state index in [1.807, 2.05) is 0 Å². The number of carbonyl (C=O) groups is 2. The number of hydrogen-bond donors (Lipinski definition) is 1. The van der Waals surface area contributed by atoms with Crippen molar-refractivity contribution in [1.82, 2.24) is 0 Å². The van der Waals surface area contributed by atoms with Crippen molar-refractivity contribution >= 4 is 17.6 Å². The fourth-order valence-electron chi connectivity index (χ4n) is 1.99. The molecule has 0 heterocycles. The fraction of sp³-hybridized carbons (Fsp3) is 0.222. The normalized spacial score (nSPS) is 10.6. The van der Waals surface area contributed by atoms with Crippen molar-refractivity contribution < 1.29 is 27.8 Å². The van der Waals surface area contributed by atoms with Gasteiger partial charge in [-0.05, 0) is 56.3 Å². The molecule has 0 radical (unpaired) electrons. The summed E-state index contributed by atoms with van der Waals surface area (Å²) in [6.45, 7) is 0.535. The molecule has 1 amide bonds. The monoisotopic (exact) mass is 349 g/mol. The Bertz CT molecular complexity index is 745. The van der Waals surface area contributed by atoms with E-state index in [4.69, 9.17) is 4.74 Å². The SMILES string of the molecule is CC(C)OC(=O)c1ccc(NC(=O)c2cccc(OC(F)F)c2)cc1. The Morgan fingerprint density at radius 2 is 1.68 bits per heavy atom. The van der Waals surface area contributed by atoms with Gasteiger partial charge in [-0.25, -0.2) is 4.79 Å². The highest BCUT2D eigenvalue weighted by Gasteiger charge is 2.12. The van der Waals surface area contributed by atoms with Gasteiger partial charge in [-0.15, -0.1) is 0 Å². The van der Waals surface area contributed by atoms with Crippen LogP contribution < -0.4 is 10.1 Å². The highest BCUT2D eigenvalue weighted by Crippen LogP contribution is 2.18. The molecule has 2 aromatic rings. The maximum absolute atomic E-state index is 12.2. The van der Waals surface area contributed by atoms with Gasteiger partial charge in [0.1, 0.15) is 5.75 Å². The van der Waals surface area contributed by atoms with Crippen LogP contribution in [0.25, 0.3) is 0 Å². The summed E-state index contributed by atoms with van der Waals surface area (Å²) in [6.07, 6.45) is -0.227. The highest BCUT2D eigenvalue weighted by atomic mass is 19.3. The summed E-state index contributed by atoms with van der Waals surface area (Å²) in [5, 5.41) is 2.61. The summed E-state index contributed by atoms with van der Waals surface area (Å²) in [4.78, 5) is 23.9. The summed E-state index contributed by atoms with van der Waals surface area (Å²) in [5.41, 5.74) is 0.978. The van der Waals surface area contributed by atoms with Crippen LogP contribution in [0.4, 0.5) is 14.5 Å². The van der Waals surface area contributed by atoms with E-state index in [1.54, 1.807) is 26.0 Å². The van der Waals surface area contributed by atoms with Crippen LogP contribution in [0.2, 0.25) is 0 Å². The number of anilines is 1.